The molecule has 0 unspecified atom stereocenters. The molecule has 0 saturated carbocycles. The van der Waals surface area contributed by atoms with Crippen molar-refractivity contribution in [1.82, 2.24) is 0 Å². The second kappa shape index (κ2) is 19.8. The van der Waals surface area contributed by atoms with Crippen molar-refractivity contribution in [1.29, 1.82) is 0 Å². The van der Waals surface area contributed by atoms with Gasteiger partial charge in [-0.05, 0) is 146 Å². The molecule has 0 aromatic heterocycles. The first-order valence-corrected chi connectivity index (χ1v) is 29.7. The monoisotopic (exact) mass is 1090 g/mol. The summed E-state index contributed by atoms with van der Waals surface area (Å²) < 4.78 is 14.2. The van der Waals surface area contributed by atoms with Crippen LogP contribution in [0, 0.1) is 0 Å². The van der Waals surface area contributed by atoms with Gasteiger partial charge in [-0.25, -0.2) is 0 Å². The summed E-state index contributed by atoms with van der Waals surface area (Å²) >= 11 is 0. The first kappa shape index (κ1) is 49.5. The molecule has 0 radical (unpaired) electrons. The molecule has 2 aliphatic heterocycles. The topological polar surface area (TPSA) is 18.5 Å². The van der Waals surface area contributed by atoms with Crippen molar-refractivity contribution in [2.45, 2.75) is 10.8 Å². The van der Waals surface area contributed by atoms with Crippen LogP contribution in [-0.4, -0.2) is 0 Å². The molecule has 2 aliphatic rings. The molecule has 0 saturated heterocycles. The third-order valence-corrected chi connectivity index (χ3v) is 18.5. The molecule has 15 aromatic carbocycles. The van der Waals surface area contributed by atoms with Crippen LogP contribution in [0.4, 0.5) is 0 Å². The zero-order valence-corrected chi connectivity index (χ0v) is 47.0. The maximum Gasteiger partial charge on any atom is 0.132 e. The van der Waals surface area contributed by atoms with Crippen molar-refractivity contribution in [3.63, 3.8) is 0 Å². The SMILES string of the molecule is c1ccc(-c2c3ccccc3c(-c3c4cccc(-c5ccc6c(c5)C(c5ccccc5)(c5ccccc5)c5ccccc5O6)c4cc4c(-c5cccc6c5C(c5ccccc5)(c5ccccc5)c5ccccc5O6)cccc34)c3ccccc23)cc1. The van der Waals surface area contributed by atoms with Gasteiger partial charge in [-0.1, -0.05) is 291 Å². The molecule has 0 aliphatic carbocycles. The summed E-state index contributed by atoms with van der Waals surface area (Å²) in [5.74, 6) is 3.37. The molecule has 86 heavy (non-hydrogen) atoms. The fourth-order valence-electron chi connectivity index (χ4n) is 15.1. The Bertz CT molecular complexity index is 5010. The van der Waals surface area contributed by atoms with Gasteiger partial charge in [0.25, 0.3) is 0 Å². The lowest BCUT2D eigenvalue weighted by atomic mass is 9.62. The summed E-state index contributed by atoms with van der Waals surface area (Å²) in [4.78, 5) is 0. The number of ether oxygens (including phenoxy) is 2. The van der Waals surface area contributed by atoms with Crippen LogP contribution in [0.5, 0.6) is 23.0 Å². The van der Waals surface area contributed by atoms with Crippen LogP contribution in [0.15, 0.2) is 328 Å². The summed E-state index contributed by atoms with van der Waals surface area (Å²) in [6.07, 6.45) is 0. The van der Waals surface area contributed by atoms with Gasteiger partial charge in [0, 0.05) is 22.3 Å². The highest BCUT2D eigenvalue weighted by molar-refractivity contribution is 6.29. The summed E-state index contributed by atoms with van der Waals surface area (Å²) in [7, 11) is 0. The number of hydrogen-bond donors (Lipinski definition) is 0. The molecule has 0 amide bonds. The molecule has 0 spiro atoms. The van der Waals surface area contributed by atoms with Crippen molar-refractivity contribution in [3.05, 3.63) is 372 Å². The van der Waals surface area contributed by atoms with E-state index in [0.717, 1.165) is 83.7 Å². The first-order chi connectivity index (χ1) is 42.7. The molecular formula is C84H54O2. The van der Waals surface area contributed by atoms with Crippen LogP contribution in [-0.2, 0) is 10.8 Å². The van der Waals surface area contributed by atoms with Gasteiger partial charge in [0.15, 0.2) is 0 Å². The zero-order chi connectivity index (χ0) is 56.8. The van der Waals surface area contributed by atoms with Crippen molar-refractivity contribution in [2.75, 3.05) is 0 Å². The van der Waals surface area contributed by atoms with E-state index in [1.807, 2.05) is 0 Å². The third-order valence-electron chi connectivity index (χ3n) is 18.5. The lowest BCUT2D eigenvalue weighted by Crippen LogP contribution is -2.34. The van der Waals surface area contributed by atoms with Crippen LogP contribution in [0.2, 0.25) is 0 Å². The number of rotatable bonds is 8. The fourth-order valence-corrected chi connectivity index (χ4v) is 15.1. The van der Waals surface area contributed by atoms with E-state index >= 15 is 0 Å². The lowest BCUT2D eigenvalue weighted by molar-refractivity contribution is 0.434. The highest BCUT2D eigenvalue weighted by Crippen LogP contribution is 2.60. The minimum atomic E-state index is -0.760. The van der Waals surface area contributed by atoms with Gasteiger partial charge >= 0.3 is 0 Å². The predicted octanol–water partition coefficient (Wildman–Crippen LogP) is 21.9. The largest absolute Gasteiger partial charge is 0.457 e. The Labute approximate surface area is 500 Å². The molecule has 0 fully saturated rings. The molecule has 0 atom stereocenters. The molecule has 2 nitrogen and oxygen atoms in total. The van der Waals surface area contributed by atoms with Gasteiger partial charge in [-0.2, -0.15) is 0 Å². The van der Waals surface area contributed by atoms with Crippen LogP contribution >= 0.6 is 0 Å². The molecular weight excluding hydrogens is 1040 g/mol. The van der Waals surface area contributed by atoms with E-state index < -0.39 is 10.8 Å². The van der Waals surface area contributed by atoms with E-state index in [-0.39, 0.29) is 0 Å². The van der Waals surface area contributed by atoms with Crippen molar-refractivity contribution in [3.8, 4) is 67.5 Å². The van der Waals surface area contributed by atoms with Gasteiger partial charge < -0.3 is 9.47 Å². The summed E-state index contributed by atoms with van der Waals surface area (Å²) in [5, 5.41) is 9.44. The molecule has 0 N–H and O–H groups in total. The fraction of sp³-hybridized carbons (Fsp3) is 0.0238. The lowest BCUT2D eigenvalue weighted by Gasteiger charge is -2.42. The van der Waals surface area contributed by atoms with Crippen LogP contribution in [0.1, 0.15) is 44.5 Å². The molecule has 2 heterocycles. The number of fused-ring (bicyclic) bond motifs is 8. The van der Waals surface area contributed by atoms with Gasteiger partial charge in [0.1, 0.15) is 23.0 Å². The quantitative estimate of drug-likeness (QED) is 0.141. The Hall–Kier alpha value is -11.1. The Morgan fingerprint density at radius 1 is 0.198 bits per heavy atom. The third kappa shape index (κ3) is 7.27. The van der Waals surface area contributed by atoms with E-state index in [0.29, 0.717) is 0 Å². The molecule has 0 bridgehead atoms. The number of benzene rings is 15. The normalized spacial score (nSPS) is 13.5. The second-order valence-corrected chi connectivity index (χ2v) is 22.8. The minimum Gasteiger partial charge on any atom is -0.457 e. The number of para-hydroxylation sites is 2. The minimum absolute atomic E-state index is 0.701. The highest BCUT2D eigenvalue weighted by Gasteiger charge is 2.48. The Morgan fingerprint density at radius 2 is 0.558 bits per heavy atom. The standard InChI is InChI=1S/C84H54O2/c1-6-27-55(28-7-1)79-63-37-16-18-39-65(63)80(66-40-19-17-38-64(66)79)81-67-43-24-41-61(56-51-52-77-74(53-56)83(57-29-8-2-9-30-57,58-31-10-3-11-32-58)72-46-20-22-48-75(72)85-77)70(67)54-71-62(42-25-44-68(71)81)69-45-26-50-78-82(69)84(59-33-12-4-13-34-59,60-35-14-5-15-36-60)73-47-21-23-49-76(73)86-78/h1-54H. The maximum absolute atomic E-state index is 7.17. The van der Waals surface area contributed by atoms with Crippen molar-refractivity contribution < 1.29 is 9.47 Å². The average molecular weight is 1100 g/mol. The molecule has 17 rings (SSSR count). The van der Waals surface area contributed by atoms with Gasteiger partial charge in [-0.3, -0.25) is 0 Å². The summed E-state index contributed by atoms with van der Waals surface area (Å²) in [6.45, 7) is 0. The zero-order valence-electron chi connectivity index (χ0n) is 47.0. The van der Waals surface area contributed by atoms with Gasteiger partial charge in [0.05, 0.1) is 10.8 Å². The summed E-state index contributed by atoms with van der Waals surface area (Å²) in [6, 6.07) is 120. The Morgan fingerprint density at radius 3 is 1.10 bits per heavy atom. The maximum atomic E-state index is 7.17. The highest BCUT2D eigenvalue weighted by atomic mass is 16.5. The Kier molecular flexibility index (Phi) is 11.4. The van der Waals surface area contributed by atoms with Gasteiger partial charge in [-0.15, -0.1) is 0 Å². The van der Waals surface area contributed by atoms with E-state index in [4.69, 9.17) is 9.47 Å². The van der Waals surface area contributed by atoms with E-state index in [1.165, 1.54) is 71.4 Å². The first-order valence-electron chi connectivity index (χ1n) is 29.7. The van der Waals surface area contributed by atoms with Crippen LogP contribution in [0.3, 0.4) is 0 Å². The average Bonchev–Trinajstić information content (AvgIpc) is 0.832. The smallest absolute Gasteiger partial charge is 0.132 e. The van der Waals surface area contributed by atoms with Crippen LogP contribution < -0.4 is 9.47 Å². The second-order valence-electron chi connectivity index (χ2n) is 22.8. The Balaban J connectivity index is 1.01. The van der Waals surface area contributed by atoms with Crippen LogP contribution in [0.25, 0.3) is 87.6 Å². The van der Waals surface area contributed by atoms with E-state index in [1.54, 1.807) is 0 Å². The molecule has 2 heteroatoms. The molecule has 402 valence electrons. The summed E-state index contributed by atoms with van der Waals surface area (Å²) in [5.41, 5.74) is 16.9. The van der Waals surface area contributed by atoms with E-state index in [9.17, 15) is 0 Å². The van der Waals surface area contributed by atoms with E-state index in [2.05, 4.69) is 328 Å². The van der Waals surface area contributed by atoms with Crippen molar-refractivity contribution >= 4 is 43.1 Å². The predicted molar refractivity (Wildman–Crippen MR) is 355 cm³/mol. The number of hydrogen-bond acceptors (Lipinski definition) is 2. The van der Waals surface area contributed by atoms with Crippen molar-refractivity contribution in [2.24, 2.45) is 0 Å². The van der Waals surface area contributed by atoms with Gasteiger partial charge in [0.2, 0.25) is 0 Å². The molecule has 15 aromatic rings.